The summed E-state index contributed by atoms with van der Waals surface area (Å²) in [4.78, 5) is 19.6. The zero-order valence-corrected chi connectivity index (χ0v) is 17.8. The number of oxazole rings is 1. The van der Waals surface area contributed by atoms with Crippen LogP contribution in [-0.4, -0.2) is 23.2 Å². The molecule has 0 atom stereocenters. The number of rotatable bonds is 5. The number of thioether (sulfide) groups is 1. The van der Waals surface area contributed by atoms with Gasteiger partial charge < -0.3 is 9.32 Å². The largest absolute Gasteiger partial charge is 0.431 e. The van der Waals surface area contributed by atoms with Crippen LogP contribution in [-0.2, 0) is 11.2 Å². The number of hydrogen-bond acceptors (Lipinski definition) is 4. The lowest BCUT2D eigenvalue weighted by molar-refractivity contribution is -0.116. The topological polar surface area (TPSA) is 46.3 Å². The fourth-order valence-electron chi connectivity index (χ4n) is 3.93. The summed E-state index contributed by atoms with van der Waals surface area (Å²) in [7, 11) is 0. The maximum absolute atomic E-state index is 13.0. The second kappa shape index (κ2) is 8.82. The molecule has 1 aliphatic heterocycles. The van der Waals surface area contributed by atoms with Crippen LogP contribution in [0.5, 0.6) is 0 Å². The number of nitrogens with zero attached hydrogens (tertiary/aromatic N) is 2. The van der Waals surface area contributed by atoms with Crippen molar-refractivity contribution in [3.05, 3.63) is 90.5 Å². The predicted molar refractivity (Wildman–Crippen MR) is 125 cm³/mol. The molecule has 0 saturated heterocycles. The minimum absolute atomic E-state index is 0.0814. The number of aromatic nitrogens is 1. The maximum atomic E-state index is 13.0. The van der Waals surface area contributed by atoms with Gasteiger partial charge in [0.15, 0.2) is 5.76 Å². The van der Waals surface area contributed by atoms with Gasteiger partial charge in [0.05, 0.1) is 5.75 Å². The SMILES string of the molecule is O=C(CSc1nc(-c2ccccc2)c(-c2ccccc2)o1)N1CCCc2ccccc21. The summed E-state index contributed by atoms with van der Waals surface area (Å²) >= 11 is 1.35. The van der Waals surface area contributed by atoms with Gasteiger partial charge >= 0.3 is 0 Å². The number of hydrogen-bond donors (Lipinski definition) is 0. The molecular weight excluding hydrogens is 404 g/mol. The van der Waals surface area contributed by atoms with Gasteiger partial charge in [0.25, 0.3) is 5.22 Å². The zero-order chi connectivity index (χ0) is 21.0. The molecule has 0 unspecified atom stereocenters. The van der Waals surface area contributed by atoms with Gasteiger partial charge in [0.1, 0.15) is 5.69 Å². The highest BCUT2D eigenvalue weighted by molar-refractivity contribution is 7.99. The van der Waals surface area contributed by atoms with Crippen LogP contribution < -0.4 is 4.90 Å². The predicted octanol–water partition coefficient (Wildman–Crippen LogP) is 6.08. The van der Waals surface area contributed by atoms with E-state index in [1.54, 1.807) is 0 Å². The van der Waals surface area contributed by atoms with Crippen LogP contribution in [0.3, 0.4) is 0 Å². The summed E-state index contributed by atoms with van der Waals surface area (Å²) in [6.45, 7) is 0.756. The standard InChI is InChI=1S/C26H22N2O2S/c29-23(28-17-9-15-19-10-7-8-16-22(19)28)18-31-26-27-24(20-11-3-1-4-12-20)25(30-26)21-13-5-2-6-14-21/h1-8,10-14,16H,9,15,17-18H2. The van der Waals surface area contributed by atoms with E-state index in [-0.39, 0.29) is 11.7 Å². The minimum Gasteiger partial charge on any atom is -0.431 e. The van der Waals surface area contributed by atoms with Gasteiger partial charge in [0.2, 0.25) is 5.91 Å². The Bertz CT molecular complexity index is 1130. The van der Waals surface area contributed by atoms with E-state index in [2.05, 4.69) is 6.07 Å². The molecule has 0 fully saturated rings. The molecule has 4 aromatic rings. The molecule has 0 aliphatic carbocycles. The van der Waals surface area contributed by atoms with Gasteiger partial charge in [-0.05, 0) is 24.5 Å². The molecule has 1 amide bonds. The van der Waals surface area contributed by atoms with Crippen LogP contribution in [0.4, 0.5) is 5.69 Å². The second-order valence-corrected chi connectivity index (χ2v) is 8.38. The van der Waals surface area contributed by atoms with E-state index in [1.807, 2.05) is 83.8 Å². The Morgan fingerprint density at radius 1 is 0.903 bits per heavy atom. The van der Waals surface area contributed by atoms with Gasteiger partial charge in [-0.1, -0.05) is 90.6 Å². The summed E-state index contributed by atoms with van der Waals surface area (Å²) in [5.74, 6) is 1.10. The van der Waals surface area contributed by atoms with Crippen LogP contribution in [0.25, 0.3) is 22.6 Å². The summed E-state index contributed by atoms with van der Waals surface area (Å²) in [5, 5.41) is 0.511. The molecule has 4 nitrogen and oxygen atoms in total. The van der Waals surface area contributed by atoms with E-state index in [0.717, 1.165) is 47.7 Å². The lowest BCUT2D eigenvalue weighted by atomic mass is 10.0. The fourth-order valence-corrected chi connectivity index (χ4v) is 4.63. The fraction of sp³-hybridized carbons (Fsp3) is 0.154. The van der Waals surface area contributed by atoms with Crippen LogP contribution in [0.1, 0.15) is 12.0 Å². The Hall–Kier alpha value is -3.31. The van der Waals surface area contributed by atoms with Crippen molar-refractivity contribution < 1.29 is 9.21 Å². The van der Waals surface area contributed by atoms with Crippen molar-refractivity contribution in [2.24, 2.45) is 0 Å². The first kappa shape index (κ1) is 19.6. The Labute approximate surface area is 185 Å². The highest BCUT2D eigenvalue weighted by atomic mass is 32.2. The van der Waals surface area contributed by atoms with E-state index in [4.69, 9.17) is 9.40 Å². The van der Waals surface area contributed by atoms with Crippen molar-refractivity contribution in [3.8, 4) is 22.6 Å². The van der Waals surface area contributed by atoms with Gasteiger partial charge in [-0.15, -0.1) is 0 Å². The van der Waals surface area contributed by atoms with E-state index in [0.29, 0.717) is 5.22 Å². The summed E-state index contributed by atoms with van der Waals surface area (Å²) in [6.07, 6.45) is 2.01. The monoisotopic (exact) mass is 426 g/mol. The van der Waals surface area contributed by atoms with E-state index < -0.39 is 0 Å². The third-order valence-electron chi connectivity index (χ3n) is 5.42. The van der Waals surface area contributed by atoms with Crippen molar-refractivity contribution in [2.75, 3.05) is 17.2 Å². The molecule has 3 aromatic carbocycles. The first-order valence-corrected chi connectivity index (χ1v) is 11.4. The Balaban J connectivity index is 1.39. The number of carbonyl (C=O) groups excluding carboxylic acids is 1. The second-order valence-electron chi connectivity index (χ2n) is 7.46. The van der Waals surface area contributed by atoms with E-state index >= 15 is 0 Å². The van der Waals surface area contributed by atoms with Crippen molar-refractivity contribution in [1.82, 2.24) is 4.98 Å². The first-order chi connectivity index (χ1) is 15.3. The number of benzene rings is 3. The van der Waals surface area contributed by atoms with Crippen molar-refractivity contribution in [3.63, 3.8) is 0 Å². The quantitative estimate of drug-likeness (QED) is 0.363. The van der Waals surface area contributed by atoms with Crippen molar-refractivity contribution in [2.45, 2.75) is 18.1 Å². The lowest BCUT2D eigenvalue weighted by Crippen LogP contribution is -2.36. The smallest absolute Gasteiger partial charge is 0.257 e. The third-order valence-corrected chi connectivity index (χ3v) is 6.23. The van der Waals surface area contributed by atoms with E-state index in [9.17, 15) is 4.79 Å². The average Bonchev–Trinajstić information content (AvgIpc) is 3.28. The van der Waals surface area contributed by atoms with Gasteiger partial charge in [-0.3, -0.25) is 4.79 Å². The van der Waals surface area contributed by atoms with Gasteiger partial charge in [-0.2, -0.15) is 0 Å². The van der Waals surface area contributed by atoms with Gasteiger partial charge in [-0.25, -0.2) is 4.98 Å². The Morgan fingerprint density at radius 2 is 1.58 bits per heavy atom. The maximum Gasteiger partial charge on any atom is 0.257 e. The first-order valence-electron chi connectivity index (χ1n) is 10.4. The molecule has 5 heteroatoms. The molecule has 5 rings (SSSR count). The minimum atomic E-state index is 0.0814. The van der Waals surface area contributed by atoms with Crippen LogP contribution in [0, 0.1) is 0 Å². The normalized spacial score (nSPS) is 13.1. The van der Waals surface area contributed by atoms with Crippen molar-refractivity contribution >= 4 is 23.4 Å². The van der Waals surface area contributed by atoms with Crippen LogP contribution in [0.2, 0.25) is 0 Å². The molecule has 154 valence electrons. The number of aryl methyl sites for hydroxylation is 1. The van der Waals surface area contributed by atoms with Crippen molar-refractivity contribution in [1.29, 1.82) is 0 Å². The summed E-state index contributed by atoms with van der Waals surface area (Å²) < 4.78 is 6.14. The number of fused-ring (bicyclic) bond motifs is 1. The van der Waals surface area contributed by atoms with Crippen LogP contribution >= 0.6 is 11.8 Å². The highest BCUT2D eigenvalue weighted by Gasteiger charge is 2.23. The summed E-state index contributed by atoms with van der Waals surface area (Å²) in [6, 6.07) is 28.1. The molecule has 0 spiro atoms. The number of para-hydroxylation sites is 1. The average molecular weight is 427 g/mol. The number of anilines is 1. The van der Waals surface area contributed by atoms with E-state index in [1.165, 1.54) is 17.3 Å². The molecule has 1 aromatic heterocycles. The zero-order valence-electron chi connectivity index (χ0n) is 17.0. The summed E-state index contributed by atoms with van der Waals surface area (Å²) in [5.41, 5.74) is 5.03. The molecule has 0 N–H and O–H groups in total. The molecule has 1 aliphatic rings. The molecule has 0 radical (unpaired) electrons. The number of carbonyl (C=O) groups is 1. The molecule has 0 bridgehead atoms. The molecule has 0 saturated carbocycles. The molecular formula is C26H22N2O2S. The molecule has 2 heterocycles. The van der Waals surface area contributed by atoms with Crippen LogP contribution in [0.15, 0.2) is 94.6 Å². The number of amides is 1. The Kier molecular flexibility index (Phi) is 5.59. The highest BCUT2D eigenvalue weighted by Crippen LogP contribution is 2.36. The molecule has 31 heavy (non-hydrogen) atoms. The Morgan fingerprint density at radius 3 is 2.35 bits per heavy atom. The lowest BCUT2D eigenvalue weighted by Gasteiger charge is -2.29. The van der Waals surface area contributed by atoms with Gasteiger partial charge in [0, 0.05) is 23.4 Å². The third kappa shape index (κ3) is 4.14.